The topological polar surface area (TPSA) is 76.2 Å². The number of hydrogen-bond donors (Lipinski definition) is 1. The summed E-state index contributed by atoms with van der Waals surface area (Å²) in [5.74, 6) is 0. The van der Waals surface area contributed by atoms with Gasteiger partial charge in [0.15, 0.2) is 0 Å². The van der Waals surface area contributed by atoms with Crippen molar-refractivity contribution in [1.82, 2.24) is 24.5 Å². The lowest BCUT2D eigenvalue weighted by molar-refractivity contribution is 0.140. The van der Waals surface area contributed by atoms with Crippen LogP contribution >= 0.6 is 0 Å². The van der Waals surface area contributed by atoms with Crippen molar-refractivity contribution in [1.29, 1.82) is 0 Å². The van der Waals surface area contributed by atoms with Crippen molar-refractivity contribution >= 4 is 6.09 Å². The Kier molecular flexibility index (Phi) is 2.57. The van der Waals surface area contributed by atoms with Gasteiger partial charge in [-0.25, -0.2) is 4.79 Å². The van der Waals surface area contributed by atoms with E-state index < -0.39 is 6.09 Å². The van der Waals surface area contributed by atoms with Crippen LogP contribution in [0.2, 0.25) is 0 Å². The van der Waals surface area contributed by atoms with Crippen molar-refractivity contribution in [2.75, 3.05) is 6.54 Å². The second kappa shape index (κ2) is 4.34. The van der Waals surface area contributed by atoms with Crippen LogP contribution in [-0.4, -0.2) is 42.2 Å². The second-order valence-electron chi connectivity index (χ2n) is 5.70. The van der Waals surface area contributed by atoms with Gasteiger partial charge in [-0.2, -0.15) is 10.2 Å². The zero-order valence-corrected chi connectivity index (χ0v) is 11.9. The summed E-state index contributed by atoms with van der Waals surface area (Å²) in [5.41, 5.74) is 5.47. The summed E-state index contributed by atoms with van der Waals surface area (Å²) in [6, 6.07) is 0. The molecule has 7 nitrogen and oxygen atoms in total. The van der Waals surface area contributed by atoms with E-state index in [1.165, 1.54) is 10.5 Å². The molecule has 110 valence electrons. The van der Waals surface area contributed by atoms with E-state index in [2.05, 4.69) is 5.10 Å². The van der Waals surface area contributed by atoms with Gasteiger partial charge in [-0.1, -0.05) is 0 Å². The number of hydrogen-bond acceptors (Lipinski definition) is 3. The molecule has 0 aromatic carbocycles. The minimum absolute atomic E-state index is 0.421. The molecule has 4 rings (SSSR count). The molecule has 2 aliphatic rings. The molecule has 1 amide bonds. The zero-order chi connectivity index (χ0) is 14.6. The van der Waals surface area contributed by atoms with E-state index in [1.54, 1.807) is 0 Å². The smallest absolute Gasteiger partial charge is 0.407 e. The van der Waals surface area contributed by atoms with E-state index in [9.17, 15) is 9.90 Å². The lowest BCUT2D eigenvalue weighted by Gasteiger charge is -2.24. The quantitative estimate of drug-likeness (QED) is 0.791. The van der Waals surface area contributed by atoms with Gasteiger partial charge in [-0.15, -0.1) is 0 Å². The summed E-state index contributed by atoms with van der Waals surface area (Å²) in [6.07, 6.45) is 3.77. The SMILES string of the molecule is Cn1ncc2c1-c1c3c(nn1CCC2)CCN(C(=O)O)C3. The lowest BCUT2D eigenvalue weighted by Crippen LogP contribution is -2.34. The predicted molar refractivity (Wildman–Crippen MR) is 74.9 cm³/mol. The summed E-state index contributed by atoms with van der Waals surface area (Å²) in [5, 5.41) is 18.3. The zero-order valence-electron chi connectivity index (χ0n) is 11.9. The fourth-order valence-corrected chi connectivity index (χ4v) is 3.41. The molecule has 0 fully saturated rings. The highest BCUT2D eigenvalue weighted by atomic mass is 16.4. The van der Waals surface area contributed by atoms with Crippen molar-refractivity contribution in [2.24, 2.45) is 7.05 Å². The average Bonchev–Trinajstić information content (AvgIpc) is 2.93. The maximum absolute atomic E-state index is 11.3. The number of rotatable bonds is 0. The summed E-state index contributed by atoms with van der Waals surface area (Å²) in [7, 11) is 1.94. The van der Waals surface area contributed by atoms with Gasteiger partial charge in [0.05, 0.1) is 29.8 Å². The van der Waals surface area contributed by atoms with E-state index >= 15 is 0 Å². The number of aromatic nitrogens is 4. The van der Waals surface area contributed by atoms with Crippen LogP contribution < -0.4 is 0 Å². The largest absolute Gasteiger partial charge is 0.465 e. The Bertz CT molecular complexity index is 730. The average molecular weight is 287 g/mol. The molecule has 0 unspecified atom stereocenters. The lowest BCUT2D eigenvalue weighted by atomic mass is 10.0. The molecule has 2 aromatic heterocycles. The highest BCUT2D eigenvalue weighted by Gasteiger charge is 2.30. The first-order valence-corrected chi connectivity index (χ1v) is 7.23. The molecule has 1 N–H and O–H groups in total. The molecular formula is C14H17N5O2. The van der Waals surface area contributed by atoms with E-state index in [0.29, 0.717) is 19.5 Å². The Balaban J connectivity index is 1.90. The highest BCUT2D eigenvalue weighted by Crippen LogP contribution is 2.35. The monoisotopic (exact) mass is 287 g/mol. The number of carboxylic acid groups (broad SMARTS) is 1. The van der Waals surface area contributed by atoms with Crippen molar-refractivity contribution < 1.29 is 9.90 Å². The van der Waals surface area contributed by atoms with E-state index in [-0.39, 0.29) is 0 Å². The molecule has 4 heterocycles. The predicted octanol–water partition coefficient (Wildman–Crippen LogP) is 1.27. The molecule has 7 heteroatoms. The second-order valence-corrected chi connectivity index (χ2v) is 5.70. The van der Waals surface area contributed by atoms with Crippen molar-refractivity contribution in [3.8, 4) is 11.4 Å². The normalized spacial score (nSPS) is 16.9. The number of aryl methyl sites for hydroxylation is 3. The number of fused-ring (bicyclic) bond motifs is 5. The first kappa shape index (κ1) is 12.4. The summed E-state index contributed by atoms with van der Waals surface area (Å²) >= 11 is 0. The third-order valence-electron chi connectivity index (χ3n) is 4.43. The van der Waals surface area contributed by atoms with Gasteiger partial charge in [0.2, 0.25) is 0 Å². The van der Waals surface area contributed by atoms with Crippen LogP contribution in [0.4, 0.5) is 4.79 Å². The van der Waals surface area contributed by atoms with Gasteiger partial charge in [0, 0.05) is 32.1 Å². The van der Waals surface area contributed by atoms with E-state index in [0.717, 1.165) is 42.0 Å². The number of amides is 1. The van der Waals surface area contributed by atoms with E-state index in [1.807, 2.05) is 22.6 Å². The van der Waals surface area contributed by atoms with Crippen molar-refractivity contribution in [3.05, 3.63) is 23.0 Å². The summed E-state index contributed by atoms with van der Waals surface area (Å²) in [6.45, 7) is 1.83. The molecule has 0 saturated heterocycles. The van der Waals surface area contributed by atoms with Gasteiger partial charge < -0.3 is 10.0 Å². The molecule has 0 saturated carbocycles. The Hall–Kier alpha value is -2.31. The van der Waals surface area contributed by atoms with E-state index in [4.69, 9.17) is 5.10 Å². The Labute approximate surface area is 121 Å². The summed E-state index contributed by atoms with van der Waals surface area (Å²) in [4.78, 5) is 12.7. The van der Waals surface area contributed by atoms with Crippen LogP contribution in [0.15, 0.2) is 6.20 Å². The van der Waals surface area contributed by atoms with Crippen LogP contribution in [0.5, 0.6) is 0 Å². The maximum Gasteiger partial charge on any atom is 0.407 e. The molecule has 2 aliphatic heterocycles. The first-order valence-electron chi connectivity index (χ1n) is 7.23. The minimum atomic E-state index is -0.862. The van der Waals surface area contributed by atoms with Gasteiger partial charge in [0.25, 0.3) is 0 Å². The fourth-order valence-electron chi connectivity index (χ4n) is 3.41. The van der Waals surface area contributed by atoms with Crippen LogP contribution in [0.1, 0.15) is 23.2 Å². The maximum atomic E-state index is 11.3. The number of nitrogens with zero attached hydrogens (tertiary/aromatic N) is 5. The van der Waals surface area contributed by atoms with Crippen molar-refractivity contribution in [2.45, 2.75) is 32.4 Å². The van der Waals surface area contributed by atoms with Gasteiger partial charge >= 0.3 is 6.09 Å². The first-order chi connectivity index (χ1) is 10.1. The minimum Gasteiger partial charge on any atom is -0.465 e. The molecule has 0 bridgehead atoms. The third-order valence-corrected chi connectivity index (χ3v) is 4.43. The molecule has 0 atom stereocenters. The van der Waals surface area contributed by atoms with Crippen LogP contribution in [0.25, 0.3) is 11.4 Å². The van der Waals surface area contributed by atoms with Crippen molar-refractivity contribution in [3.63, 3.8) is 0 Å². The van der Waals surface area contributed by atoms with Gasteiger partial charge in [-0.3, -0.25) is 9.36 Å². The Morgan fingerprint density at radius 3 is 2.95 bits per heavy atom. The highest BCUT2D eigenvalue weighted by molar-refractivity contribution is 5.69. The number of carbonyl (C=O) groups is 1. The molecule has 0 radical (unpaired) electrons. The van der Waals surface area contributed by atoms with Gasteiger partial charge in [0.1, 0.15) is 0 Å². The molecule has 21 heavy (non-hydrogen) atoms. The van der Waals surface area contributed by atoms with Gasteiger partial charge in [-0.05, 0) is 18.4 Å². The molecule has 0 spiro atoms. The van der Waals surface area contributed by atoms with Crippen LogP contribution in [0, 0.1) is 0 Å². The van der Waals surface area contributed by atoms with Crippen LogP contribution in [-0.2, 0) is 33.0 Å². The molecular weight excluding hydrogens is 270 g/mol. The fraction of sp³-hybridized carbons (Fsp3) is 0.500. The third kappa shape index (κ3) is 1.76. The Morgan fingerprint density at radius 1 is 1.29 bits per heavy atom. The summed E-state index contributed by atoms with van der Waals surface area (Å²) < 4.78 is 3.93. The Morgan fingerprint density at radius 2 is 2.14 bits per heavy atom. The molecule has 0 aliphatic carbocycles. The van der Waals surface area contributed by atoms with Crippen LogP contribution in [0.3, 0.4) is 0 Å². The molecule has 2 aromatic rings. The standard InChI is InChI=1S/C14H17N5O2/c1-17-12-9(7-15-17)3-2-5-19-13(12)10-8-18(14(20)21)6-4-11(10)16-19/h7H,2-6,8H2,1H3,(H,20,21).